The number of hydrogen-bond acceptors (Lipinski definition) is 4. The third-order valence-electron chi connectivity index (χ3n) is 4.44. The van der Waals surface area contributed by atoms with E-state index in [1.807, 2.05) is 67.6 Å². The Hall–Kier alpha value is -3.41. The van der Waals surface area contributed by atoms with E-state index in [9.17, 15) is 9.59 Å². The summed E-state index contributed by atoms with van der Waals surface area (Å²) >= 11 is 0. The molecule has 0 radical (unpaired) electrons. The smallest absolute Gasteiger partial charge is 0.242 e. The third kappa shape index (κ3) is 5.31. The number of hydrogen-bond donors (Lipinski definition) is 2. The Morgan fingerprint density at radius 2 is 1.62 bits per heavy atom. The number of benzene rings is 2. The van der Waals surface area contributed by atoms with E-state index in [0.29, 0.717) is 24.6 Å². The van der Waals surface area contributed by atoms with Crippen LogP contribution in [0.1, 0.15) is 26.2 Å². The van der Waals surface area contributed by atoms with Crippen LogP contribution in [0, 0.1) is 0 Å². The predicted octanol–water partition coefficient (Wildman–Crippen LogP) is 3.58. The standard InChI is InChI=1S/C23H25N3O3/c1-3-24-23(28)16(2)25-19(27)14-15-20-26-21(17-10-6-4-7-11-17)22(29-20)18-12-8-5-9-13-18/h4-13,16H,3,14-15H2,1-2H3,(H,24,28)(H,25,27)/t16-/m0/s1. The zero-order valence-electron chi connectivity index (χ0n) is 16.6. The van der Waals surface area contributed by atoms with Crippen molar-refractivity contribution in [3.63, 3.8) is 0 Å². The number of likely N-dealkylation sites (N-methyl/N-ethyl adjacent to an activating group) is 1. The Morgan fingerprint density at radius 3 is 2.24 bits per heavy atom. The summed E-state index contributed by atoms with van der Waals surface area (Å²) in [5.74, 6) is 0.755. The molecule has 0 saturated carbocycles. The van der Waals surface area contributed by atoms with Gasteiger partial charge in [0.1, 0.15) is 11.7 Å². The number of rotatable bonds is 8. The van der Waals surface area contributed by atoms with Crippen LogP contribution >= 0.6 is 0 Å². The lowest BCUT2D eigenvalue weighted by atomic mass is 10.1. The fourth-order valence-electron chi connectivity index (χ4n) is 2.98. The van der Waals surface area contributed by atoms with Gasteiger partial charge in [0.2, 0.25) is 11.8 Å². The monoisotopic (exact) mass is 391 g/mol. The van der Waals surface area contributed by atoms with Gasteiger partial charge in [0.05, 0.1) is 0 Å². The molecule has 0 unspecified atom stereocenters. The van der Waals surface area contributed by atoms with Crippen LogP contribution in [0.2, 0.25) is 0 Å². The van der Waals surface area contributed by atoms with E-state index in [2.05, 4.69) is 15.6 Å². The highest BCUT2D eigenvalue weighted by Gasteiger charge is 2.19. The summed E-state index contributed by atoms with van der Waals surface area (Å²) in [5.41, 5.74) is 2.64. The van der Waals surface area contributed by atoms with E-state index >= 15 is 0 Å². The molecule has 0 aliphatic heterocycles. The van der Waals surface area contributed by atoms with Gasteiger partial charge in [0, 0.05) is 30.5 Å². The zero-order valence-corrected chi connectivity index (χ0v) is 16.6. The maximum atomic E-state index is 12.2. The van der Waals surface area contributed by atoms with Crippen LogP contribution in [0.3, 0.4) is 0 Å². The summed E-state index contributed by atoms with van der Waals surface area (Å²) in [4.78, 5) is 28.6. The van der Waals surface area contributed by atoms with E-state index in [-0.39, 0.29) is 18.2 Å². The average molecular weight is 391 g/mol. The molecule has 0 saturated heterocycles. The van der Waals surface area contributed by atoms with Crippen LogP contribution in [-0.4, -0.2) is 29.4 Å². The van der Waals surface area contributed by atoms with E-state index in [1.54, 1.807) is 6.92 Å². The molecule has 150 valence electrons. The van der Waals surface area contributed by atoms with Crippen molar-refractivity contribution in [3.8, 4) is 22.6 Å². The lowest BCUT2D eigenvalue weighted by Crippen LogP contribution is -2.44. The number of amides is 2. The first-order valence-electron chi connectivity index (χ1n) is 9.76. The molecule has 2 N–H and O–H groups in total. The van der Waals surface area contributed by atoms with Gasteiger partial charge in [-0.2, -0.15) is 0 Å². The van der Waals surface area contributed by atoms with Gasteiger partial charge in [-0.25, -0.2) is 4.98 Å². The van der Waals surface area contributed by atoms with Gasteiger partial charge in [0.25, 0.3) is 0 Å². The fraction of sp³-hybridized carbons (Fsp3) is 0.261. The SMILES string of the molecule is CCNC(=O)[C@H](C)NC(=O)CCc1nc(-c2ccccc2)c(-c2ccccc2)o1. The molecule has 0 fully saturated rings. The van der Waals surface area contributed by atoms with Gasteiger partial charge >= 0.3 is 0 Å². The van der Waals surface area contributed by atoms with Crippen molar-refractivity contribution in [3.05, 3.63) is 66.6 Å². The summed E-state index contributed by atoms with van der Waals surface area (Å²) < 4.78 is 6.03. The first-order valence-corrected chi connectivity index (χ1v) is 9.76. The molecule has 0 spiro atoms. The maximum Gasteiger partial charge on any atom is 0.242 e. The molecule has 29 heavy (non-hydrogen) atoms. The summed E-state index contributed by atoms with van der Waals surface area (Å²) in [6.45, 7) is 4.03. The van der Waals surface area contributed by atoms with Crippen LogP contribution in [-0.2, 0) is 16.0 Å². The van der Waals surface area contributed by atoms with Gasteiger partial charge in [-0.15, -0.1) is 0 Å². The molecular weight excluding hydrogens is 366 g/mol. The Balaban J connectivity index is 1.74. The summed E-state index contributed by atoms with van der Waals surface area (Å²) in [7, 11) is 0. The average Bonchev–Trinajstić information content (AvgIpc) is 3.18. The van der Waals surface area contributed by atoms with Crippen molar-refractivity contribution in [2.24, 2.45) is 0 Å². The molecule has 0 bridgehead atoms. The molecule has 1 atom stereocenters. The van der Waals surface area contributed by atoms with Crippen molar-refractivity contribution in [2.45, 2.75) is 32.7 Å². The van der Waals surface area contributed by atoms with Crippen molar-refractivity contribution >= 4 is 11.8 Å². The molecule has 0 aliphatic carbocycles. The Bertz CT molecular complexity index is 895. The molecule has 6 nitrogen and oxygen atoms in total. The number of nitrogens with zero attached hydrogens (tertiary/aromatic N) is 1. The molecule has 6 heteroatoms. The number of carbonyl (C=O) groups is 2. The first-order chi connectivity index (χ1) is 14.1. The highest BCUT2D eigenvalue weighted by molar-refractivity contribution is 5.87. The first kappa shape index (κ1) is 20.3. The second-order valence-corrected chi connectivity index (χ2v) is 6.70. The van der Waals surface area contributed by atoms with E-state index in [0.717, 1.165) is 16.8 Å². The van der Waals surface area contributed by atoms with Crippen LogP contribution in [0.15, 0.2) is 65.1 Å². The lowest BCUT2D eigenvalue weighted by Gasteiger charge is -2.12. The largest absolute Gasteiger partial charge is 0.440 e. The summed E-state index contributed by atoms with van der Waals surface area (Å²) in [6.07, 6.45) is 0.535. The normalized spacial score (nSPS) is 11.7. The van der Waals surface area contributed by atoms with Crippen LogP contribution in [0.4, 0.5) is 0 Å². The third-order valence-corrected chi connectivity index (χ3v) is 4.44. The summed E-state index contributed by atoms with van der Waals surface area (Å²) in [5, 5.41) is 5.39. The lowest BCUT2D eigenvalue weighted by molar-refractivity contribution is -0.128. The minimum absolute atomic E-state index is 0.187. The highest BCUT2D eigenvalue weighted by atomic mass is 16.4. The Labute approximate surface area is 170 Å². The van der Waals surface area contributed by atoms with Crippen molar-refractivity contribution in [1.29, 1.82) is 0 Å². The highest BCUT2D eigenvalue weighted by Crippen LogP contribution is 2.32. The zero-order chi connectivity index (χ0) is 20.6. The number of oxazole rings is 1. The number of aromatic nitrogens is 1. The van der Waals surface area contributed by atoms with E-state index in [4.69, 9.17) is 4.42 Å². The van der Waals surface area contributed by atoms with Gasteiger partial charge < -0.3 is 15.1 Å². The molecule has 2 aromatic carbocycles. The molecule has 3 aromatic rings. The van der Waals surface area contributed by atoms with Crippen molar-refractivity contribution < 1.29 is 14.0 Å². The minimum atomic E-state index is -0.577. The predicted molar refractivity (Wildman–Crippen MR) is 112 cm³/mol. The van der Waals surface area contributed by atoms with Crippen molar-refractivity contribution in [1.82, 2.24) is 15.6 Å². The minimum Gasteiger partial charge on any atom is -0.440 e. The Kier molecular flexibility index (Phi) is 6.79. The molecular formula is C23H25N3O3. The van der Waals surface area contributed by atoms with Crippen LogP contribution < -0.4 is 10.6 Å². The molecule has 0 aliphatic rings. The second kappa shape index (κ2) is 9.68. The van der Waals surface area contributed by atoms with Gasteiger partial charge in [-0.3, -0.25) is 9.59 Å². The number of nitrogens with one attached hydrogen (secondary N) is 2. The number of carbonyl (C=O) groups excluding carboxylic acids is 2. The van der Waals surface area contributed by atoms with Crippen molar-refractivity contribution in [2.75, 3.05) is 6.54 Å². The summed E-state index contributed by atoms with van der Waals surface area (Å²) in [6, 6.07) is 19.0. The topological polar surface area (TPSA) is 84.2 Å². The van der Waals surface area contributed by atoms with Crippen LogP contribution in [0.25, 0.3) is 22.6 Å². The van der Waals surface area contributed by atoms with E-state index < -0.39 is 6.04 Å². The molecule has 1 aromatic heterocycles. The number of aryl methyl sites for hydroxylation is 1. The van der Waals surface area contributed by atoms with Crippen LogP contribution in [0.5, 0.6) is 0 Å². The van der Waals surface area contributed by atoms with Gasteiger partial charge in [-0.1, -0.05) is 60.7 Å². The fourth-order valence-corrected chi connectivity index (χ4v) is 2.98. The quantitative estimate of drug-likeness (QED) is 0.615. The Morgan fingerprint density at radius 1 is 1.00 bits per heavy atom. The molecule has 3 rings (SSSR count). The van der Waals surface area contributed by atoms with Gasteiger partial charge in [0.15, 0.2) is 11.7 Å². The molecule has 1 heterocycles. The molecule has 2 amide bonds. The van der Waals surface area contributed by atoms with Gasteiger partial charge in [-0.05, 0) is 13.8 Å². The van der Waals surface area contributed by atoms with E-state index in [1.165, 1.54) is 0 Å². The second-order valence-electron chi connectivity index (χ2n) is 6.70. The maximum absolute atomic E-state index is 12.2.